The Balaban J connectivity index is 1.86. The van der Waals surface area contributed by atoms with E-state index in [4.69, 9.17) is 9.47 Å². The fourth-order valence-electron chi connectivity index (χ4n) is 3.13. The van der Waals surface area contributed by atoms with E-state index in [1.807, 2.05) is 46.2 Å². The van der Waals surface area contributed by atoms with Gasteiger partial charge in [-0.05, 0) is 41.5 Å². The molecule has 0 aromatic carbocycles. The van der Waals surface area contributed by atoms with Crippen LogP contribution in [0, 0.1) is 0 Å². The fraction of sp³-hybridized carbons (Fsp3) is 0.706. The molecule has 0 bridgehead atoms. The third-order valence-electron chi connectivity index (χ3n) is 4.26. The third-order valence-corrected chi connectivity index (χ3v) is 4.26. The molecular formula is C17H26N4O4. The first-order valence-electron chi connectivity index (χ1n) is 8.52. The number of ether oxygens (including phenoxy) is 2. The third kappa shape index (κ3) is 3.43. The van der Waals surface area contributed by atoms with Gasteiger partial charge in [-0.3, -0.25) is 14.5 Å². The molecule has 0 saturated carbocycles. The minimum absolute atomic E-state index is 0.0444. The number of rotatable bonds is 1. The molecule has 1 aromatic heterocycles. The lowest BCUT2D eigenvalue weighted by Crippen LogP contribution is -2.47. The zero-order valence-corrected chi connectivity index (χ0v) is 15.7. The molecule has 0 aliphatic carbocycles. The molecule has 1 fully saturated rings. The van der Waals surface area contributed by atoms with Crippen molar-refractivity contribution in [2.24, 2.45) is 0 Å². The van der Waals surface area contributed by atoms with Crippen molar-refractivity contribution in [1.29, 1.82) is 0 Å². The Bertz CT molecular complexity index is 704. The van der Waals surface area contributed by atoms with E-state index in [0.29, 0.717) is 25.3 Å². The molecule has 2 aliphatic heterocycles. The van der Waals surface area contributed by atoms with Crippen LogP contribution in [0.3, 0.4) is 0 Å². The van der Waals surface area contributed by atoms with E-state index >= 15 is 0 Å². The first-order valence-corrected chi connectivity index (χ1v) is 8.52. The number of aromatic nitrogens is 2. The number of nitrogens with zero attached hydrogens (tertiary/aromatic N) is 4. The van der Waals surface area contributed by atoms with E-state index in [1.54, 1.807) is 16.0 Å². The van der Waals surface area contributed by atoms with Crippen LogP contribution in [-0.4, -0.2) is 50.7 Å². The summed E-state index contributed by atoms with van der Waals surface area (Å²) in [6.45, 7) is 12.6. The van der Waals surface area contributed by atoms with Gasteiger partial charge in [-0.2, -0.15) is 5.10 Å². The largest absolute Gasteiger partial charge is 0.444 e. The molecule has 0 N–H and O–H groups in total. The first-order chi connectivity index (χ1) is 11.5. The number of amides is 2. The number of carbonyl (C=O) groups is 2. The summed E-state index contributed by atoms with van der Waals surface area (Å²) in [5.74, 6) is 0. The highest BCUT2D eigenvalue weighted by Crippen LogP contribution is 2.33. The number of hydrogen-bond donors (Lipinski definition) is 0. The molecule has 0 unspecified atom stereocenters. The van der Waals surface area contributed by atoms with Crippen LogP contribution < -0.4 is 4.90 Å². The van der Waals surface area contributed by atoms with Gasteiger partial charge >= 0.3 is 12.2 Å². The number of hydrogen-bond acceptors (Lipinski definition) is 5. The minimum atomic E-state index is -0.555. The Morgan fingerprint density at radius 2 is 2.08 bits per heavy atom. The van der Waals surface area contributed by atoms with Crippen molar-refractivity contribution < 1.29 is 19.1 Å². The summed E-state index contributed by atoms with van der Waals surface area (Å²) < 4.78 is 12.7. The van der Waals surface area contributed by atoms with Gasteiger partial charge < -0.3 is 9.47 Å². The van der Waals surface area contributed by atoms with Gasteiger partial charge in [-0.25, -0.2) is 9.59 Å². The summed E-state index contributed by atoms with van der Waals surface area (Å²) in [5, 5.41) is 4.39. The second-order valence-corrected chi connectivity index (χ2v) is 8.33. The lowest BCUT2D eigenvalue weighted by Gasteiger charge is -2.35. The monoisotopic (exact) mass is 350 g/mol. The quantitative estimate of drug-likeness (QED) is 0.778. The first kappa shape index (κ1) is 17.6. The topological polar surface area (TPSA) is 76.9 Å². The van der Waals surface area contributed by atoms with Gasteiger partial charge in [-0.1, -0.05) is 0 Å². The maximum atomic E-state index is 12.5. The van der Waals surface area contributed by atoms with Crippen molar-refractivity contribution in [2.45, 2.75) is 71.9 Å². The minimum Gasteiger partial charge on any atom is -0.444 e. The van der Waals surface area contributed by atoms with Gasteiger partial charge in [-0.15, -0.1) is 0 Å². The number of fused-ring (bicyclic) bond motifs is 1. The van der Waals surface area contributed by atoms with Crippen LogP contribution >= 0.6 is 0 Å². The zero-order chi connectivity index (χ0) is 18.6. The Morgan fingerprint density at radius 1 is 1.40 bits per heavy atom. The highest BCUT2D eigenvalue weighted by Gasteiger charge is 2.41. The average Bonchev–Trinajstić information content (AvgIpc) is 2.95. The highest BCUT2D eigenvalue weighted by atomic mass is 16.6. The summed E-state index contributed by atoms with van der Waals surface area (Å²) in [7, 11) is 0. The summed E-state index contributed by atoms with van der Waals surface area (Å²) in [6, 6.07) is -0.0444. The van der Waals surface area contributed by atoms with E-state index in [9.17, 15) is 9.59 Å². The van der Waals surface area contributed by atoms with Crippen LogP contribution in [0.25, 0.3) is 0 Å². The molecule has 0 radical (unpaired) electrons. The standard InChI is InChI=1S/C17H26N4O4/c1-11-8-21-13(9-19(11)14(22)24-16(2,3)4)12(7-18-21)20-10-17(5,6)25-15(20)23/h7,11H,8-10H2,1-6H3/t11-/m0/s1. The predicted octanol–water partition coefficient (Wildman–Crippen LogP) is 2.76. The number of cyclic esters (lactones) is 1. The van der Waals surface area contributed by atoms with Gasteiger partial charge in [0, 0.05) is 0 Å². The van der Waals surface area contributed by atoms with Gasteiger partial charge in [0.05, 0.1) is 43.3 Å². The van der Waals surface area contributed by atoms with Crippen molar-refractivity contribution in [1.82, 2.24) is 14.7 Å². The Labute approximate surface area is 147 Å². The molecule has 8 heteroatoms. The molecule has 2 aliphatic rings. The maximum absolute atomic E-state index is 12.5. The molecule has 8 nitrogen and oxygen atoms in total. The smallest absolute Gasteiger partial charge is 0.415 e. The van der Waals surface area contributed by atoms with E-state index in [2.05, 4.69) is 5.10 Å². The molecule has 1 saturated heterocycles. The second kappa shape index (κ2) is 5.64. The number of carbonyl (C=O) groups excluding carboxylic acids is 2. The summed E-state index contributed by atoms with van der Waals surface area (Å²) in [6.07, 6.45) is 0.925. The summed E-state index contributed by atoms with van der Waals surface area (Å²) in [5.41, 5.74) is 0.411. The average molecular weight is 350 g/mol. The van der Waals surface area contributed by atoms with Crippen molar-refractivity contribution >= 4 is 17.9 Å². The molecule has 138 valence electrons. The Kier molecular flexibility index (Phi) is 3.96. The van der Waals surface area contributed by atoms with Crippen LogP contribution in [0.4, 0.5) is 15.3 Å². The second-order valence-electron chi connectivity index (χ2n) is 8.33. The van der Waals surface area contributed by atoms with Crippen molar-refractivity contribution in [2.75, 3.05) is 11.4 Å². The highest BCUT2D eigenvalue weighted by molar-refractivity contribution is 5.90. The van der Waals surface area contributed by atoms with Gasteiger partial charge in [0.2, 0.25) is 0 Å². The molecule has 3 heterocycles. The van der Waals surface area contributed by atoms with Crippen LogP contribution in [-0.2, 0) is 22.6 Å². The van der Waals surface area contributed by atoms with Crippen LogP contribution in [0.2, 0.25) is 0 Å². The summed E-state index contributed by atoms with van der Waals surface area (Å²) in [4.78, 5) is 28.0. The Hall–Kier alpha value is -2.25. The maximum Gasteiger partial charge on any atom is 0.415 e. The van der Waals surface area contributed by atoms with E-state index in [-0.39, 0.29) is 18.2 Å². The molecule has 1 atom stereocenters. The lowest BCUT2D eigenvalue weighted by molar-refractivity contribution is 0.00913. The summed E-state index contributed by atoms with van der Waals surface area (Å²) >= 11 is 0. The molecule has 2 amide bonds. The molecule has 1 aromatic rings. The fourth-order valence-corrected chi connectivity index (χ4v) is 3.13. The predicted molar refractivity (Wildman–Crippen MR) is 91.4 cm³/mol. The van der Waals surface area contributed by atoms with Gasteiger partial charge in [0.1, 0.15) is 11.2 Å². The SMILES string of the molecule is C[C@H]1Cn2ncc(N3CC(C)(C)OC3=O)c2CN1C(=O)OC(C)(C)C. The molecular weight excluding hydrogens is 324 g/mol. The zero-order valence-electron chi connectivity index (χ0n) is 15.7. The van der Waals surface area contributed by atoms with E-state index < -0.39 is 11.2 Å². The molecule has 25 heavy (non-hydrogen) atoms. The van der Waals surface area contributed by atoms with Crippen molar-refractivity contribution in [3.05, 3.63) is 11.9 Å². The lowest BCUT2D eigenvalue weighted by atomic mass is 10.1. The normalized spacial score (nSPS) is 22.6. The van der Waals surface area contributed by atoms with Gasteiger partial charge in [0.15, 0.2) is 0 Å². The van der Waals surface area contributed by atoms with E-state index in [0.717, 1.165) is 5.69 Å². The molecule has 0 spiro atoms. The van der Waals surface area contributed by atoms with Crippen LogP contribution in [0.15, 0.2) is 6.20 Å². The number of anilines is 1. The van der Waals surface area contributed by atoms with Crippen LogP contribution in [0.1, 0.15) is 47.2 Å². The van der Waals surface area contributed by atoms with Crippen molar-refractivity contribution in [3.8, 4) is 0 Å². The van der Waals surface area contributed by atoms with Crippen LogP contribution in [0.5, 0.6) is 0 Å². The molecule has 3 rings (SSSR count). The van der Waals surface area contributed by atoms with Gasteiger partial charge in [0.25, 0.3) is 0 Å². The van der Waals surface area contributed by atoms with Crippen molar-refractivity contribution in [3.63, 3.8) is 0 Å². The van der Waals surface area contributed by atoms with E-state index in [1.165, 1.54) is 0 Å². The Morgan fingerprint density at radius 3 is 2.64 bits per heavy atom.